The molecule has 1 heterocycles. The predicted molar refractivity (Wildman–Crippen MR) is 46.8 cm³/mol. The second-order valence-electron chi connectivity index (χ2n) is 2.54. The molecule has 0 aliphatic heterocycles. The molecule has 8 heteroatoms. The normalized spacial score (nSPS) is 10.4. The topological polar surface area (TPSA) is 91.3 Å². The van der Waals surface area contributed by atoms with E-state index in [1.54, 1.807) is 0 Å². The van der Waals surface area contributed by atoms with E-state index in [2.05, 4.69) is 9.72 Å². The van der Waals surface area contributed by atoms with Crippen molar-refractivity contribution in [3.8, 4) is 5.88 Å². The van der Waals surface area contributed by atoms with E-state index in [0.29, 0.717) is 0 Å². The van der Waals surface area contributed by atoms with E-state index in [1.807, 2.05) is 0 Å². The van der Waals surface area contributed by atoms with Gasteiger partial charge in [-0.15, -0.1) is 0 Å². The summed E-state index contributed by atoms with van der Waals surface area (Å²) in [7, 11) is 1.14. The van der Waals surface area contributed by atoms with Gasteiger partial charge in [-0.05, 0) is 0 Å². The fourth-order valence-electron chi connectivity index (χ4n) is 1.01. The highest BCUT2D eigenvalue weighted by Crippen LogP contribution is 2.36. The standard InChI is InChI=1S/C7H7F2N3O3/c1-15-7-5(12(13)14)4(10)3(2-11-7)6(8)9/h2,6H,1H3,(H2,10,11). The van der Waals surface area contributed by atoms with Crippen LogP contribution in [0.15, 0.2) is 6.20 Å². The van der Waals surface area contributed by atoms with E-state index in [0.717, 1.165) is 13.3 Å². The molecule has 0 fully saturated rings. The minimum atomic E-state index is -2.91. The Morgan fingerprint density at radius 2 is 2.27 bits per heavy atom. The zero-order valence-corrected chi connectivity index (χ0v) is 7.61. The molecule has 2 N–H and O–H groups in total. The first-order valence-corrected chi connectivity index (χ1v) is 3.74. The summed E-state index contributed by atoms with van der Waals surface area (Å²) >= 11 is 0. The summed E-state index contributed by atoms with van der Waals surface area (Å²) in [5, 5.41) is 10.5. The van der Waals surface area contributed by atoms with Crippen molar-refractivity contribution in [3.05, 3.63) is 21.9 Å². The lowest BCUT2D eigenvalue weighted by Crippen LogP contribution is -2.04. The average Bonchev–Trinajstić information content (AvgIpc) is 2.15. The third-order valence-electron chi connectivity index (χ3n) is 1.70. The Morgan fingerprint density at radius 1 is 1.67 bits per heavy atom. The monoisotopic (exact) mass is 219 g/mol. The van der Waals surface area contributed by atoms with Crippen molar-refractivity contribution in [3.63, 3.8) is 0 Å². The Balaban J connectivity index is 3.42. The molecular formula is C7H7F2N3O3. The number of aromatic nitrogens is 1. The molecule has 0 amide bonds. The molecule has 0 unspecified atom stereocenters. The maximum absolute atomic E-state index is 12.3. The zero-order chi connectivity index (χ0) is 11.6. The number of halogens is 2. The van der Waals surface area contributed by atoms with Crippen LogP contribution in [0.3, 0.4) is 0 Å². The van der Waals surface area contributed by atoms with Crippen molar-refractivity contribution in [2.75, 3.05) is 12.8 Å². The minimum absolute atomic E-state index is 0.387. The highest BCUT2D eigenvalue weighted by atomic mass is 19.3. The van der Waals surface area contributed by atoms with Crippen LogP contribution in [0.1, 0.15) is 12.0 Å². The summed E-state index contributed by atoms with van der Waals surface area (Å²) in [4.78, 5) is 13.0. The van der Waals surface area contributed by atoms with Crippen LogP contribution in [-0.4, -0.2) is 17.0 Å². The molecule has 82 valence electrons. The number of ether oxygens (including phenoxy) is 1. The van der Waals surface area contributed by atoms with Gasteiger partial charge in [0.25, 0.3) is 12.3 Å². The van der Waals surface area contributed by atoms with Gasteiger partial charge in [0.15, 0.2) is 0 Å². The maximum Gasteiger partial charge on any atom is 0.354 e. The quantitative estimate of drug-likeness (QED) is 0.614. The number of nitrogens with zero attached hydrogens (tertiary/aromatic N) is 2. The third kappa shape index (κ3) is 1.92. The molecule has 0 atom stereocenters. The zero-order valence-electron chi connectivity index (χ0n) is 7.61. The first-order chi connectivity index (χ1) is 6.99. The molecule has 1 rings (SSSR count). The van der Waals surface area contributed by atoms with E-state index < -0.39 is 28.3 Å². The molecule has 0 spiro atoms. The van der Waals surface area contributed by atoms with Gasteiger partial charge in [-0.25, -0.2) is 13.8 Å². The lowest BCUT2D eigenvalue weighted by atomic mass is 10.2. The number of nitro groups is 1. The first-order valence-electron chi connectivity index (χ1n) is 3.74. The Bertz CT molecular complexity index is 397. The van der Waals surface area contributed by atoms with Gasteiger partial charge in [-0.2, -0.15) is 0 Å². The van der Waals surface area contributed by atoms with E-state index in [4.69, 9.17) is 5.73 Å². The van der Waals surface area contributed by atoms with Gasteiger partial charge in [0.2, 0.25) is 0 Å². The maximum atomic E-state index is 12.3. The Hall–Kier alpha value is -1.99. The van der Waals surface area contributed by atoms with Crippen molar-refractivity contribution in [2.24, 2.45) is 0 Å². The fraction of sp³-hybridized carbons (Fsp3) is 0.286. The van der Waals surface area contributed by atoms with Gasteiger partial charge in [-0.3, -0.25) is 10.1 Å². The number of rotatable bonds is 3. The predicted octanol–water partition coefficient (Wildman–Crippen LogP) is 1.52. The highest BCUT2D eigenvalue weighted by Gasteiger charge is 2.26. The largest absolute Gasteiger partial charge is 0.476 e. The molecule has 0 radical (unpaired) electrons. The number of nitrogen functional groups attached to an aromatic ring is 1. The van der Waals surface area contributed by atoms with Gasteiger partial charge in [-0.1, -0.05) is 0 Å². The highest BCUT2D eigenvalue weighted by molar-refractivity contribution is 5.67. The third-order valence-corrected chi connectivity index (χ3v) is 1.70. The van der Waals surface area contributed by atoms with Crippen molar-refractivity contribution in [2.45, 2.75) is 6.43 Å². The van der Waals surface area contributed by atoms with Crippen molar-refractivity contribution >= 4 is 11.4 Å². The Kier molecular flexibility index (Phi) is 2.98. The van der Waals surface area contributed by atoms with E-state index in [1.165, 1.54) is 0 Å². The number of alkyl halides is 2. The van der Waals surface area contributed by atoms with Gasteiger partial charge < -0.3 is 10.5 Å². The number of pyridine rings is 1. The van der Waals surface area contributed by atoms with Crippen LogP contribution in [0.25, 0.3) is 0 Å². The number of methoxy groups -OCH3 is 1. The molecule has 0 saturated heterocycles. The van der Waals surface area contributed by atoms with Crippen LogP contribution >= 0.6 is 0 Å². The van der Waals surface area contributed by atoms with Gasteiger partial charge in [0.05, 0.1) is 17.6 Å². The molecule has 6 nitrogen and oxygen atoms in total. The first kappa shape index (κ1) is 11.1. The summed E-state index contributed by atoms with van der Waals surface area (Å²) in [6, 6.07) is 0. The lowest BCUT2D eigenvalue weighted by Gasteiger charge is -2.06. The molecule has 0 aliphatic carbocycles. The molecule has 0 bridgehead atoms. The van der Waals surface area contributed by atoms with Gasteiger partial charge >= 0.3 is 5.69 Å². The summed E-state index contributed by atoms with van der Waals surface area (Å²) in [6.07, 6.45) is -2.16. The molecule has 1 aromatic heterocycles. The summed E-state index contributed by atoms with van der Waals surface area (Å²) in [5.74, 6) is -0.387. The fourth-order valence-corrected chi connectivity index (χ4v) is 1.01. The van der Waals surface area contributed by atoms with Crippen LogP contribution in [0, 0.1) is 10.1 Å². The number of anilines is 1. The number of hydrogen-bond acceptors (Lipinski definition) is 5. The van der Waals surface area contributed by atoms with Gasteiger partial charge in [0.1, 0.15) is 5.69 Å². The van der Waals surface area contributed by atoms with Crippen LogP contribution in [0.2, 0.25) is 0 Å². The summed E-state index contributed by atoms with van der Waals surface area (Å²) in [6.45, 7) is 0. The van der Waals surface area contributed by atoms with E-state index in [-0.39, 0.29) is 5.88 Å². The molecule has 0 saturated carbocycles. The van der Waals surface area contributed by atoms with Crippen LogP contribution < -0.4 is 10.5 Å². The van der Waals surface area contributed by atoms with Crippen molar-refractivity contribution in [1.29, 1.82) is 0 Å². The average molecular weight is 219 g/mol. The van der Waals surface area contributed by atoms with Crippen molar-refractivity contribution in [1.82, 2.24) is 4.98 Å². The summed E-state index contributed by atoms with van der Waals surface area (Å²) in [5.41, 5.74) is 3.18. The van der Waals surface area contributed by atoms with Crippen molar-refractivity contribution < 1.29 is 18.4 Å². The van der Waals surface area contributed by atoms with E-state index in [9.17, 15) is 18.9 Å². The van der Waals surface area contributed by atoms with Crippen LogP contribution in [0.4, 0.5) is 20.2 Å². The van der Waals surface area contributed by atoms with Gasteiger partial charge in [0, 0.05) is 6.20 Å². The molecular weight excluding hydrogens is 212 g/mol. The molecule has 15 heavy (non-hydrogen) atoms. The van der Waals surface area contributed by atoms with E-state index >= 15 is 0 Å². The number of nitrogens with two attached hydrogens (primary N) is 1. The lowest BCUT2D eigenvalue weighted by molar-refractivity contribution is -0.385. The Morgan fingerprint density at radius 3 is 2.67 bits per heavy atom. The second-order valence-corrected chi connectivity index (χ2v) is 2.54. The second kappa shape index (κ2) is 4.03. The summed E-state index contributed by atoms with van der Waals surface area (Å²) < 4.78 is 29.2. The van der Waals surface area contributed by atoms with Crippen LogP contribution in [0.5, 0.6) is 5.88 Å². The Labute approximate surface area is 82.8 Å². The SMILES string of the molecule is COc1ncc(C(F)F)c(N)c1[N+](=O)[O-]. The minimum Gasteiger partial charge on any atom is -0.476 e. The smallest absolute Gasteiger partial charge is 0.354 e. The molecule has 0 aromatic carbocycles. The molecule has 1 aromatic rings. The van der Waals surface area contributed by atoms with Crippen LogP contribution in [-0.2, 0) is 0 Å². The number of hydrogen-bond donors (Lipinski definition) is 1. The molecule has 0 aliphatic rings.